The number of amides is 3. The topological polar surface area (TPSA) is 69.7 Å². The van der Waals surface area contributed by atoms with E-state index in [1.165, 1.54) is 0 Å². The van der Waals surface area contributed by atoms with E-state index in [-0.39, 0.29) is 29.6 Å². The van der Waals surface area contributed by atoms with Gasteiger partial charge in [0, 0.05) is 37.7 Å². The van der Waals surface area contributed by atoms with Crippen molar-refractivity contribution < 1.29 is 14.4 Å². The Labute approximate surface area is 161 Å². The van der Waals surface area contributed by atoms with Crippen molar-refractivity contribution in [2.75, 3.05) is 26.2 Å². The number of nitrogens with one attached hydrogen (secondary N) is 1. The minimum Gasteiger partial charge on any atom is -0.340 e. The quantitative estimate of drug-likeness (QED) is 0.859. The number of hydrogen-bond acceptors (Lipinski definition) is 3. The lowest BCUT2D eigenvalue weighted by Crippen LogP contribution is -2.57. The van der Waals surface area contributed by atoms with E-state index in [0.717, 1.165) is 5.56 Å². The van der Waals surface area contributed by atoms with Crippen molar-refractivity contribution in [3.05, 3.63) is 35.4 Å². The summed E-state index contributed by atoms with van der Waals surface area (Å²) in [6.45, 7) is 11.6. The molecular weight excluding hydrogens is 342 g/mol. The average Bonchev–Trinajstić information content (AvgIpc) is 2.65. The summed E-state index contributed by atoms with van der Waals surface area (Å²) in [6.07, 6.45) is 0. The molecule has 3 amide bonds. The molecule has 1 aromatic rings. The zero-order chi connectivity index (χ0) is 20.1. The van der Waals surface area contributed by atoms with Crippen LogP contribution < -0.4 is 5.32 Å². The van der Waals surface area contributed by atoms with Gasteiger partial charge in [0.25, 0.3) is 5.91 Å². The van der Waals surface area contributed by atoms with Crippen molar-refractivity contribution >= 4 is 17.7 Å². The minimum atomic E-state index is -0.579. The van der Waals surface area contributed by atoms with Gasteiger partial charge in [-0.15, -0.1) is 0 Å². The van der Waals surface area contributed by atoms with Crippen LogP contribution in [0.5, 0.6) is 0 Å². The lowest BCUT2D eigenvalue weighted by molar-refractivity contribution is -0.142. The molecule has 0 aromatic heterocycles. The van der Waals surface area contributed by atoms with Crippen molar-refractivity contribution in [1.29, 1.82) is 0 Å². The van der Waals surface area contributed by atoms with Crippen molar-refractivity contribution in [2.45, 2.75) is 40.7 Å². The summed E-state index contributed by atoms with van der Waals surface area (Å²) in [7, 11) is 0. The van der Waals surface area contributed by atoms with Crippen LogP contribution in [-0.4, -0.2) is 59.7 Å². The van der Waals surface area contributed by atoms with E-state index in [9.17, 15) is 14.4 Å². The SMILES string of the molecule is Cc1ccccc1C(=O)NC(C(=O)N1CCN(C(=O)C(C)C)CC1)C(C)C. The molecule has 0 saturated carbocycles. The van der Waals surface area contributed by atoms with Gasteiger partial charge in [-0.3, -0.25) is 14.4 Å². The second-order valence-electron chi connectivity index (χ2n) is 7.82. The van der Waals surface area contributed by atoms with Gasteiger partial charge in [-0.05, 0) is 24.5 Å². The van der Waals surface area contributed by atoms with Crippen molar-refractivity contribution in [3.8, 4) is 0 Å². The smallest absolute Gasteiger partial charge is 0.252 e. The number of hydrogen-bond donors (Lipinski definition) is 1. The first-order valence-corrected chi connectivity index (χ1v) is 9.66. The van der Waals surface area contributed by atoms with E-state index in [4.69, 9.17) is 0 Å². The summed E-state index contributed by atoms with van der Waals surface area (Å²) in [5.74, 6) is -0.252. The average molecular weight is 373 g/mol. The molecule has 6 nitrogen and oxygen atoms in total. The second-order valence-corrected chi connectivity index (χ2v) is 7.82. The normalized spacial score (nSPS) is 15.8. The maximum absolute atomic E-state index is 13.0. The van der Waals surface area contributed by atoms with Crippen molar-refractivity contribution in [3.63, 3.8) is 0 Å². The summed E-state index contributed by atoms with van der Waals surface area (Å²) in [4.78, 5) is 41.3. The van der Waals surface area contributed by atoms with Crippen LogP contribution in [0.2, 0.25) is 0 Å². The van der Waals surface area contributed by atoms with E-state index in [0.29, 0.717) is 31.7 Å². The molecular formula is C21H31N3O3. The van der Waals surface area contributed by atoms with Gasteiger partial charge in [-0.1, -0.05) is 45.9 Å². The van der Waals surface area contributed by atoms with Crippen LogP contribution in [0.4, 0.5) is 0 Å². The second kappa shape index (κ2) is 9.02. The van der Waals surface area contributed by atoms with Gasteiger partial charge < -0.3 is 15.1 Å². The van der Waals surface area contributed by atoms with E-state index in [1.54, 1.807) is 11.0 Å². The highest BCUT2D eigenvalue weighted by Crippen LogP contribution is 2.13. The molecule has 1 unspecified atom stereocenters. The lowest BCUT2D eigenvalue weighted by Gasteiger charge is -2.38. The predicted molar refractivity (Wildman–Crippen MR) is 105 cm³/mol. The Morgan fingerprint density at radius 2 is 1.41 bits per heavy atom. The third kappa shape index (κ3) is 5.08. The van der Waals surface area contributed by atoms with Gasteiger partial charge in [0.15, 0.2) is 0 Å². The molecule has 1 saturated heterocycles. The molecule has 1 atom stereocenters. The van der Waals surface area contributed by atoms with Gasteiger partial charge in [0.1, 0.15) is 6.04 Å². The predicted octanol–water partition coefficient (Wildman–Crippen LogP) is 2.08. The van der Waals surface area contributed by atoms with E-state index in [1.807, 2.05) is 57.7 Å². The monoisotopic (exact) mass is 373 g/mol. The molecule has 1 N–H and O–H groups in total. The molecule has 1 fully saturated rings. The fourth-order valence-corrected chi connectivity index (χ4v) is 3.27. The molecule has 1 heterocycles. The van der Waals surface area contributed by atoms with Crippen LogP contribution >= 0.6 is 0 Å². The Bertz CT molecular complexity index is 692. The standard InChI is InChI=1S/C21H31N3O3/c1-14(2)18(22-19(25)17-9-7-6-8-16(17)5)21(27)24-12-10-23(11-13-24)20(26)15(3)4/h6-9,14-15,18H,10-13H2,1-5H3,(H,22,25). The van der Waals surface area contributed by atoms with E-state index >= 15 is 0 Å². The van der Waals surface area contributed by atoms with Crippen LogP contribution in [0.3, 0.4) is 0 Å². The van der Waals surface area contributed by atoms with E-state index in [2.05, 4.69) is 5.32 Å². The fraction of sp³-hybridized carbons (Fsp3) is 0.571. The van der Waals surface area contributed by atoms with Gasteiger partial charge in [-0.25, -0.2) is 0 Å². The largest absolute Gasteiger partial charge is 0.340 e. The first-order valence-electron chi connectivity index (χ1n) is 9.66. The van der Waals surface area contributed by atoms with E-state index < -0.39 is 6.04 Å². The Balaban J connectivity index is 2.03. The Morgan fingerprint density at radius 1 is 0.889 bits per heavy atom. The highest BCUT2D eigenvalue weighted by Gasteiger charge is 2.32. The van der Waals surface area contributed by atoms with Crippen LogP contribution in [0.1, 0.15) is 43.6 Å². The third-order valence-electron chi connectivity index (χ3n) is 5.01. The summed E-state index contributed by atoms with van der Waals surface area (Å²) in [6, 6.07) is 6.77. The Kier molecular flexibility index (Phi) is 6.99. The number of carbonyl (C=O) groups is 3. The summed E-state index contributed by atoms with van der Waals surface area (Å²) < 4.78 is 0. The highest BCUT2D eigenvalue weighted by atomic mass is 16.2. The van der Waals surface area contributed by atoms with Gasteiger partial charge in [-0.2, -0.15) is 0 Å². The zero-order valence-corrected chi connectivity index (χ0v) is 17.0. The number of rotatable bonds is 5. The molecule has 148 valence electrons. The number of carbonyl (C=O) groups excluding carboxylic acids is 3. The third-order valence-corrected chi connectivity index (χ3v) is 5.01. The molecule has 2 rings (SSSR count). The van der Waals surface area contributed by atoms with Crippen LogP contribution in [0, 0.1) is 18.8 Å². The molecule has 0 radical (unpaired) electrons. The molecule has 1 aliphatic rings. The number of nitrogens with zero attached hydrogens (tertiary/aromatic N) is 2. The van der Waals surface area contributed by atoms with Crippen LogP contribution in [0.25, 0.3) is 0 Å². The zero-order valence-electron chi connectivity index (χ0n) is 17.0. The molecule has 6 heteroatoms. The molecule has 0 spiro atoms. The highest BCUT2D eigenvalue weighted by molar-refractivity contribution is 5.98. The molecule has 0 bridgehead atoms. The number of piperazine rings is 1. The van der Waals surface area contributed by atoms with Crippen LogP contribution in [-0.2, 0) is 9.59 Å². The van der Waals surface area contributed by atoms with Gasteiger partial charge in [0.05, 0.1) is 0 Å². The van der Waals surface area contributed by atoms with Crippen LogP contribution in [0.15, 0.2) is 24.3 Å². The maximum atomic E-state index is 13.0. The van der Waals surface area contributed by atoms with Crippen molar-refractivity contribution in [2.24, 2.45) is 11.8 Å². The van der Waals surface area contributed by atoms with Gasteiger partial charge >= 0.3 is 0 Å². The summed E-state index contributed by atoms with van der Waals surface area (Å²) >= 11 is 0. The molecule has 1 aromatic carbocycles. The first kappa shape index (κ1) is 20.9. The Hall–Kier alpha value is -2.37. The molecule has 1 aliphatic heterocycles. The number of aryl methyl sites for hydroxylation is 1. The first-order chi connectivity index (χ1) is 12.7. The Morgan fingerprint density at radius 3 is 1.89 bits per heavy atom. The minimum absolute atomic E-state index is 0.0270. The molecule has 27 heavy (non-hydrogen) atoms. The fourth-order valence-electron chi connectivity index (χ4n) is 3.27. The van der Waals surface area contributed by atoms with Crippen molar-refractivity contribution in [1.82, 2.24) is 15.1 Å². The lowest BCUT2D eigenvalue weighted by atomic mass is 10.0. The van der Waals surface area contributed by atoms with Gasteiger partial charge in [0.2, 0.25) is 11.8 Å². The summed E-state index contributed by atoms with van der Waals surface area (Å²) in [5, 5.41) is 2.91. The maximum Gasteiger partial charge on any atom is 0.252 e. The number of benzene rings is 1. The molecule has 0 aliphatic carbocycles. The summed E-state index contributed by atoms with van der Waals surface area (Å²) in [5.41, 5.74) is 1.47.